The summed E-state index contributed by atoms with van der Waals surface area (Å²) in [7, 11) is 0. The Balaban J connectivity index is 2.01. The van der Waals surface area contributed by atoms with Crippen LogP contribution in [0.3, 0.4) is 0 Å². The van der Waals surface area contributed by atoms with Crippen molar-refractivity contribution in [2.45, 2.75) is 46.0 Å². The Kier molecular flexibility index (Phi) is 7.81. The fraction of sp³-hybridized carbons (Fsp3) is 0.929. The molecule has 1 heterocycles. The molecule has 2 N–H and O–H groups in total. The lowest BCUT2D eigenvalue weighted by atomic mass is 10.0. The van der Waals surface area contributed by atoms with Crippen LogP contribution in [-0.2, 0) is 4.74 Å². The molecule has 0 saturated carbocycles. The van der Waals surface area contributed by atoms with E-state index in [9.17, 15) is 0 Å². The lowest BCUT2D eigenvalue weighted by Crippen LogP contribution is -2.44. The first-order chi connectivity index (χ1) is 8.70. The molecule has 1 fully saturated rings. The number of hydrogen-bond donors (Lipinski definition) is 1. The first-order valence-electron chi connectivity index (χ1n) is 7.32. The maximum Gasteiger partial charge on any atom is 0.191 e. The van der Waals surface area contributed by atoms with Crippen LogP contribution in [0.1, 0.15) is 46.0 Å². The van der Waals surface area contributed by atoms with Gasteiger partial charge in [0.2, 0.25) is 0 Å². The minimum absolute atomic E-state index is 0.695. The molecule has 0 aliphatic carbocycles. The van der Waals surface area contributed by atoms with E-state index in [-0.39, 0.29) is 0 Å². The van der Waals surface area contributed by atoms with Gasteiger partial charge < -0.3 is 15.4 Å². The molecule has 4 heteroatoms. The highest BCUT2D eigenvalue weighted by atomic mass is 16.5. The number of aliphatic imine (C=N–C) groups is 1. The molecule has 4 nitrogen and oxygen atoms in total. The normalized spacial score (nSPS) is 17.5. The van der Waals surface area contributed by atoms with E-state index in [1.807, 2.05) is 0 Å². The lowest BCUT2D eigenvalue weighted by molar-refractivity contribution is 0.0674. The topological polar surface area (TPSA) is 50.8 Å². The second kappa shape index (κ2) is 9.20. The Morgan fingerprint density at radius 1 is 1.17 bits per heavy atom. The largest absolute Gasteiger partial charge is 0.378 e. The summed E-state index contributed by atoms with van der Waals surface area (Å²) in [5.41, 5.74) is 5.95. The number of ether oxygens (including phenoxy) is 1. The van der Waals surface area contributed by atoms with Gasteiger partial charge in [-0.15, -0.1) is 0 Å². The average molecular weight is 255 g/mol. The second-order valence-electron chi connectivity index (χ2n) is 5.44. The van der Waals surface area contributed by atoms with E-state index in [2.05, 4.69) is 23.7 Å². The first kappa shape index (κ1) is 15.3. The van der Waals surface area contributed by atoms with Crippen molar-refractivity contribution >= 4 is 5.96 Å². The van der Waals surface area contributed by atoms with E-state index < -0.39 is 0 Å². The number of nitrogens with two attached hydrogens (primary N) is 1. The van der Waals surface area contributed by atoms with Crippen molar-refractivity contribution < 1.29 is 4.74 Å². The average Bonchev–Trinajstić information content (AvgIpc) is 2.38. The molecule has 18 heavy (non-hydrogen) atoms. The van der Waals surface area contributed by atoms with Gasteiger partial charge in [0, 0.05) is 19.6 Å². The Bertz CT molecular complexity index is 235. The molecule has 0 unspecified atom stereocenters. The van der Waals surface area contributed by atoms with Crippen LogP contribution in [0.2, 0.25) is 0 Å². The van der Waals surface area contributed by atoms with Crippen molar-refractivity contribution in [3.8, 4) is 0 Å². The number of morpholine rings is 1. The highest BCUT2D eigenvalue weighted by Gasteiger charge is 2.11. The molecular weight excluding hydrogens is 226 g/mol. The van der Waals surface area contributed by atoms with Crippen LogP contribution < -0.4 is 5.73 Å². The summed E-state index contributed by atoms with van der Waals surface area (Å²) >= 11 is 0. The Morgan fingerprint density at radius 3 is 2.50 bits per heavy atom. The van der Waals surface area contributed by atoms with Crippen molar-refractivity contribution in [2.24, 2.45) is 16.6 Å². The van der Waals surface area contributed by atoms with Crippen LogP contribution >= 0.6 is 0 Å². The van der Waals surface area contributed by atoms with E-state index in [0.29, 0.717) is 5.96 Å². The molecule has 1 rings (SSSR count). The highest BCUT2D eigenvalue weighted by Crippen LogP contribution is 2.09. The zero-order valence-electron chi connectivity index (χ0n) is 12.0. The third-order valence-corrected chi connectivity index (χ3v) is 3.30. The molecule has 1 aliphatic rings. The molecule has 0 aromatic heterocycles. The molecule has 0 amide bonds. The van der Waals surface area contributed by atoms with Crippen LogP contribution in [0, 0.1) is 5.92 Å². The third kappa shape index (κ3) is 6.84. The fourth-order valence-electron chi connectivity index (χ4n) is 2.10. The summed E-state index contributed by atoms with van der Waals surface area (Å²) in [5.74, 6) is 1.53. The zero-order valence-corrected chi connectivity index (χ0v) is 12.0. The maximum absolute atomic E-state index is 5.95. The van der Waals surface area contributed by atoms with Crippen molar-refractivity contribution in [3.63, 3.8) is 0 Å². The van der Waals surface area contributed by atoms with Gasteiger partial charge >= 0.3 is 0 Å². The summed E-state index contributed by atoms with van der Waals surface area (Å²) < 4.78 is 5.29. The Hall–Kier alpha value is -0.770. The number of rotatable bonds is 7. The van der Waals surface area contributed by atoms with Gasteiger partial charge in [0.25, 0.3) is 0 Å². The standard InChI is InChI=1S/C14H29N3O/c1-13(2)7-5-3-4-6-8-16-14(15)17-9-11-18-12-10-17/h13H,3-12H2,1-2H3,(H2,15,16). The molecule has 0 bridgehead atoms. The van der Waals surface area contributed by atoms with Crippen molar-refractivity contribution in [1.82, 2.24) is 4.90 Å². The number of hydrogen-bond acceptors (Lipinski definition) is 2. The van der Waals surface area contributed by atoms with Crippen LogP contribution in [0.25, 0.3) is 0 Å². The van der Waals surface area contributed by atoms with Gasteiger partial charge in [0.1, 0.15) is 0 Å². The van der Waals surface area contributed by atoms with Crippen molar-refractivity contribution in [2.75, 3.05) is 32.8 Å². The molecule has 0 radical (unpaired) electrons. The Labute approximate surface area is 112 Å². The molecule has 0 aromatic carbocycles. The maximum atomic E-state index is 5.95. The zero-order chi connectivity index (χ0) is 13.2. The van der Waals surface area contributed by atoms with Crippen LogP contribution in [0.5, 0.6) is 0 Å². The van der Waals surface area contributed by atoms with Crippen LogP contribution in [-0.4, -0.2) is 43.7 Å². The van der Waals surface area contributed by atoms with Gasteiger partial charge in [0.15, 0.2) is 5.96 Å². The monoisotopic (exact) mass is 255 g/mol. The second-order valence-corrected chi connectivity index (χ2v) is 5.44. The number of unbranched alkanes of at least 4 members (excludes halogenated alkanes) is 3. The quantitative estimate of drug-likeness (QED) is 0.431. The van der Waals surface area contributed by atoms with Gasteiger partial charge in [0.05, 0.1) is 13.2 Å². The Morgan fingerprint density at radius 2 is 1.83 bits per heavy atom. The predicted molar refractivity (Wildman–Crippen MR) is 76.8 cm³/mol. The molecule has 106 valence electrons. The minimum Gasteiger partial charge on any atom is -0.378 e. The molecule has 1 aliphatic heterocycles. The summed E-state index contributed by atoms with van der Waals surface area (Å²) in [5, 5.41) is 0. The third-order valence-electron chi connectivity index (χ3n) is 3.30. The van der Waals surface area contributed by atoms with Crippen LogP contribution in [0.15, 0.2) is 4.99 Å². The lowest BCUT2D eigenvalue weighted by Gasteiger charge is -2.27. The molecule has 0 aromatic rings. The van der Waals surface area contributed by atoms with Crippen molar-refractivity contribution in [3.05, 3.63) is 0 Å². The highest BCUT2D eigenvalue weighted by molar-refractivity contribution is 5.78. The van der Waals surface area contributed by atoms with Gasteiger partial charge in [-0.05, 0) is 12.3 Å². The predicted octanol–water partition coefficient (Wildman–Crippen LogP) is 2.24. The van der Waals surface area contributed by atoms with Gasteiger partial charge in [-0.25, -0.2) is 0 Å². The fourth-order valence-corrected chi connectivity index (χ4v) is 2.10. The number of nitrogens with zero attached hydrogens (tertiary/aromatic N) is 2. The van der Waals surface area contributed by atoms with E-state index in [4.69, 9.17) is 10.5 Å². The number of guanidine groups is 1. The summed E-state index contributed by atoms with van der Waals surface area (Å²) in [6.07, 6.45) is 6.44. The SMILES string of the molecule is CC(C)CCCCCCN=C(N)N1CCOCC1. The van der Waals surface area contributed by atoms with Gasteiger partial charge in [-0.1, -0.05) is 39.5 Å². The van der Waals surface area contributed by atoms with Crippen molar-refractivity contribution in [1.29, 1.82) is 0 Å². The van der Waals surface area contributed by atoms with Crippen LogP contribution in [0.4, 0.5) is 0 Å². The molecule has 0 atom stereocenters. The van der Waals surface area contributed by atoms with Gasteiger partial charge in [-0.3, -0.25) is 4.99 Å². The minimum atomic E-state index is 0.695. The van der Waals surface area contributed by atoms with Gasteiger partial charge in [-0.2, -0.15) is 0 Å². The first-order valence-corrected chi connectivity index (χ1v) is 7.32. The smallest absolute Gasteiger partial charge is 0.191 e. The van der Waals surface area contributed by atoms with E-state index in [1.54, 1.807) is 0 Å². The van der Waals surface area contributed by atoms with E-state index >= 15 is 0 Å². The molecular formula is C14H29N3O. The summed E-state index contributed by atoms with van der Waals surface area (Å²) in [6, 6.07) is 0. The molecule has 1 saturated heterocycles. The summed E-state index contributed by atoms with van der Waals surface area (Å²) in [6.45, 7) is 8.73. The van der Waals surface area contributed by atoms with E-state index in [1.165, 1.54) is 25.7 Å². The molecule has 0 spiro atoms. The summed E-state index contributed by atoms with van der Waals surface area (Å²) in [4.78, 5) is 6.56. The van der Waals surface area contributed by atoms with E-state index in [0.717, 1.165) is 45.2 Å².